The molecular formula is C20H19ClN4OS. The fourth-order valence-corrected chi connectivity index (χ4v) is 3.67. The Balaban J connectivity index is 1.67. The fraction of sp³-hybridized carbons (Fsp3) is 0.250. The summed E-state index contributed by atoms with van der Waals surface area (Å²) < 4.78 is 1.97. The monoisotopic (exact) mass is 398 g/mol. The lowest BCUT2D eigenvalue weighted by atomic mass is 10.1. The molecule has 1 aliphatic rings. The van der Waals surface area contributed by atoms with E-state index in [4.69, 9.17) is 11.6 Å². The normalized spacial score (nSPS) is 13.6. The molecule has 3 aromatic rings. The highest BCUT2D eigenvalue weighted by Crippen LogP contribution is 2.29. The first-order valence-electron chi connectivity index (χ1n) is 8.81. The van der Waals surface area contributed by atoms with Gasteiger partial charge in [0.15, 0.2) is 11.0 Å². The minimum Gasteiger partial charge on any atom is -0.353 e. The Morgan fingerprint density at radius 1 is 1.22 bits per heavy atom. The van der Waals surface area contributed by atoms with Gasteiger partial charge in [-0.3, -0.25) is 9.36 Å². The molecule has 0 aliphatic heterocycles. The van der Waals surface area contributed by atoms with Crippen LogP contribution in [0.2, 0.25) is 5.02 Å². The van der Waals surface area contributed by atoms with E-state index < -0.39 is 0 Å². The summed E-state index contributed by atoms with van der Waals surface area (Å²) in [5, 5.41) is 13.1. The highest BCUT2D eigenvalue weighted by Gasteiger charge is 2.24. The van der Waals surface area contributed by atoms with Gasteiger partial charge in [-0.15, -0.1) is 10.2 Å². The number of aromatic nitrogens is 3. The number of thioether (sulfide) groups is 1. The Hall–Kier alpha value is -2.31. The Labute approximate surface area is 167 Å². The van der Waals surface area contributed by atoms with Gasteiger partial charge in [0.25, 0.3) is 0 Å². The number of rotatable bonds is 6. The van der Waals surface area contributed by atoms with Gasteiger partial charge in [-0.2, -0.15) is 0 Å². The number of carbonyl (C=O) groups is 1. The second-order valence-corrected chi connectivity index (χ2v) is 8.00. The number of hydrogen-bond donors (Lipinski definition) is 1. The van der Waals surface area contributed by atoms with Crippen molar-refractivity contribution in [3.05, 3.63) is 59.1 Å². The third-order valence-electron chi connectivity index (χ3n) is 4.27. The van der Waals surface area contributed by atoms with E-state index in [2.05, 4.69) is 21.6 Å². The van der Waals surface area contributed by atoms with E-state index in [1.54, 1.807) is 0 Å². The molecule has 1 saturated carbocycles. The van der Waals surface area contributed by atoms with Gasteiger partial charge in [0, 0.05) is 22.3 Å². The molecule has 0 unspecified atom stereocenters. The van der Waals surface area contributed by atoms with Crippen LogP contribution in [0.1, 0.15) is 18.4 Å². The lowest BCUT2D eigenvalue weighted by molar-refractivity contribution is -0.118. The Bertz CT molecular complexity index is 966. The number of nitrogens with zero attached hydrogens (tertiary/aromatic N) is 3. The average molecular weight is 399 g/mol. The summed E-state index contributed by atoms with van der Waals surface area (Å²) in [7, 11) is 0. The number of benzene rings is 2. The second kappa shape index (κ2) is 7.74. The number of nitrogens with one attached hydrogen (secondary N) is 1. The first kappa shape index (κ1) is 18.1. The number of carbonyl (C=O) groups excluding carboxylic acids is 1. The average Bonchev–Trinajstić information content (AvgIpc) is 3.36. The molecule has 0 spiro atoms. The van der Waals surface area contributed by atoms with Gasteiger partial charge in [-0.1, -0.05) is 47.1 Å². The van der Waals surface area contributed by atoms with Crippen molar-refractivity contribution in [1.82, 2.24) is 20.1 Å². The molecule has 0 bridgehead atoms. The predicted molar refractivity (Wildman–Crippen MR) is 108 cm³/mol. The summed E-state index contributed by atoms with van der Waals surface area (Å²) in [5.41, 5.74) is 3.04. The van der Waals surface area contributed by atoms with Gasteiger partial charge in [-0.05, 0) is 50.1 Å². The van der Waals surface area contributed by atoms with E-state index in [-0.39, 0.29) is 5.91 Å². The van der Waals surface area contributed by atoms with E-state index in [0.717, 1.165) is 35.5 Å². The second-order valence-electron chi connectivity index (χ2n) is 6.62. The molecule has 7 heteroatoms. The van der Waals surface area contributed by atoms with Crippen molar-refractivity contribution >= 4 is 29.3 Å². The van der Waals surface area contributed by atoms with Crippen molar-refractivity contribution in [3.8, 4) is 17.1 Å². The molecule has 0 atom stereocenters. The van der Waals surface area contributed by atoms with Gasteiger partial charge < -0.3 is 5.32 Å². The zero-order valence-electron chi connectivity index (χ0n) is 14.9. The van der Waals surface area contributed by atoms with Crippen LogP contribution in [-0.4, -0.2) is 32.5 Å². The van der Waals surface area contributed by atoms with E-state index in [9.17, 15) is 4.79 Å². The van der Waals surface area contributed by atoms with Crippen molar-refractivity contribution in [2.75, 3.05) is 5.75 Å². The van der Waals surface area contributed by atoms with E-state index in [0.29, 0.717) is 22.0 Å². The SMILES string of the molecule is Cc1cccc(-c2nnc(SCC(=O)NC3CC3)n2-c2ccc(Cl)cc2)c1. The first-order valence-corrected chi connectivity index (χ1v) is 10.2. The van der Waals surface area contributed by atoms with Crippen molar-refractivity contribution in [1.29, 1.82) is 0 Å². The van der Waals surface area contributed by atoms with Crippen LogP contribution in [0.25, 0.3) is 17.1 Å². The van der Waals surface area contributed by atoms with E-state index in [1.165, 1.54) is 11.8 Å². The van der Waals surface area contributed by atoms with Crippen LogP contribution in [0.3, 0.4) is 0 Å². The van der Waals surface area contributed by atoms with Crippen molar-refractivity contribution in [2.45, 2.75) is 31.0 Å². The molecule has 138 valence electrons. The first-order chi connectivity index (χ1) is 13.1. The van der Waals surface area contributed by atoms with Gasteiger partial charge in [0.05, 0.1) is 5.75 Å². The molecule has 1 aliphatic carbocycles. The maximum atomic E-state index is 12.1. The molecule has 1 N–H and O–H groups in total. The Kier molecular flexibility index (Phi) is 5.18. The Morgan fingerprint density at radius 2 is 2.00 bits per heavy atom. The molecule has 1 heterocycles. The molecule has 1 fully saturated rings. The number of hydrogen-bond acceptors (Lipinski definition) is 4. The maximum Gasteiger partial charge on any atom is 0.230 e. The van der Waals surface area contributed by atoms with E-state index in [1.807, 2.05) is 54.0 Å². The summed E-state index contributed by atoms with van der Waals surface area (Å²) >= 11 is 7.44. The largest absolute Gasteiger partial charge is 0.353 e. The van der Waals surface area contributed by atoms with Crippen LogP contribution in [0.4, 0.5) is 0 Å². The third kappa shape index (κ3) is 4.34. The third-order valence-corrected chi connectivity index (χ3v) is 5.45. The van der Waals surface area contributed by atoms with Crippen LogP contribution in [0.15, 0.2) is 53.7 Å². The van der Waals surface area contributed by atoms with Crippen molar-refractivity contribution in [2.24, 2.45) is 0 Å². The molecule has 4 rings (SSSR count). The van der Waals surface area contributed by atoms with E-state index >= 15 is 0 Å². The van der Waals surface area contributed by atoms with Crippen LogP contribution >= 0.6 is 23.4 Å². The lowest BCUT2D eigenvalue weighted by Crippen LogP contribution is -2.27. The Morgan fingerprint density at radius 3 is 2.70 bits per heavy atom. The summed E-state index contributed by atoms with van der Waals surface area (Å²) in [6.07, 6.45) is 2.16. The fourth-order valence-electron chi connectivity index (χ4n) is 2.78. The van der Waals surface area contributed by atoms with Crippen molar-refractivity contribution < 1.29 is 4.79 Å². The zero-order valence-corrected chi connectivity index (χ0v) is 16.4. The number of halogens is 1. The lowest BCUT2D eigenvalue weighted by Gasteiger charge is -2.11. The topological polar surface area (TPSA) is 59.8 Å². The van der Waals surface area contributed by atoms with Gasteiger partial charge in [0.1, 0.15) is 0 Å². The molecule has 27 heavy (non-hydrogen) atoms. The zero-order chi connectivity index (χ0) is 18.8. The van der Waals surface area contributed by atoms with Gasteiger partial charge in [0.2, 0.25) is 5.91 Å². The van der Waals surface area contributed by atoms with Gasteiger partial charge in [-0.25, -0.2) is 0 Å². The summed E-state index contributed by atoms with van der Waals surface area (Å²) in [6, 6.07) is 16.0. The number of aryl methyl sites for hydroxylation is 1. The smallest absolute Gasteiger partial charge is 0.230 e. The van der Waals surface area contributed by atoms with Crippen molar-refractivity contribution in [3.63, 3.8) is 0 Å². The van der Waals surface area contributed by atoms with Crippen LogP contribution < -0.4 is 5.32 Å². The molecular weight excluding hydrogens is 380 g/mol. The molecule has 2 aromatic carbocycles. The highest BCUT2D eigenvalue weighted by molar-refractivity contribution is 7.99. The van der Waals surface area contributed by atoms with Crippen LogP contribution in [-0.2, 0) is 4.79 Å². The van der Waals surface area contributed by atoms with Crippen LogP contribution in [0, 0.1) is 6.92 Å². The molecule has 1 aromatic heterocycles. The minimum atomic E-state index is 0.0326. The quantitative estimate of drug-likeness (QED) is 0.630. The predicted octanol–water partition coefficient (Wildman–Crippen LogP) is 4.27. The summed E-state index contributed by atoms with van der Waals surface area (Å²) in [4.78, 5) is 12.1. The maximum absolute atomic E-state index is 12.1. The molecule has 1 amide bonds. The summed E-state index contributed by atoms with van der Waals surface area (Å²) in [5.74, 6) is 1.09. The minimum absolute atomic E-state index is 0.0326. The molecule has 5 nitrogen and oxygen atoms in total. The highest BCUT2D eigenvalue weighted by atomic mass is 35.5. The van der Waals surface area contributed by atoms with Crippen LogP contribution in [0.5, 0.6) is 0 Å². The standard InChI is InChI=1S/C20H19ClN4OS/c1-13-3-2-4-14(11-13)19-23-24-20(27-12-18(26)22-16-7-8-16)25(19)17-9-5-15(21)6-10-17/h2-6,9-11,16H,7-8,12H2,1H3,(H,22,26). The van der Waals surface area contributed by atoms with Gasteiger partial charge >= 0.3 is 0 Å². The molecule has 0 radical (unpaired) electrons. The number of amides is 1. The summed E-state index contributed by atoms with van der Waals surface area (Å²) in [6.45, 7) is 2.05. The molecule has 0 saturated heterocycles.